The smallest absolute Gasteiger partial charge is 0.272 e. The van der Waals surface area contributed by atoms with E-state index in [1.165, 1.54) is 0 Å². The standard InChI is InChI=1S/C14H21N3O3/c1-8-6-10-11(9(2)20-8)16-17-12(10)13(19)15-14(7-18)4-3-5-14/h8-9,18H,3-7H2,1-2H3,(H,15,19)(H,16,17)/t8-,9+/m1/s1. The Morgan fingerprint density at radius 3 is 2.90 bits per heavy atom. The Bertz CT molecular complexity index is 516. The zero-order chi connectivity index (χ0) is 14.3. The molecule has 1 aromatic rings. The molecule has 1 fully saturated rings. The molecule has 1 aliphatic carbocycles. The molecule has 2 aliphatic rings. The first kappa shape index (κ1) is 13.6. The van der Waals surface area contributed by atoms with E-state index in [0.29, 0.717) is 12.1 Å². The van der Waals surface area contributed by atoms with Gasteiger partial charge in [0.15, 0.2) is 5.69 Å². The van der Waals surface area contributed by atoms with Crippen molar-refractivity contribution in [2.75, 3.05) is 6.61 Å². The van der Waals surface area contributed by atoms with Crippen LogP contribution < -0.4 is 5.32 Å². The number of aromatic amines is 1. The Morgan fingerprint density at radius 2 is 2.30 bits per heavy atom. The quantitative estimate of drug-likeness (QED) is 0.772. The Kier molecular flexibility index (Phi) is 3.30. The van der Waals surface area contributed by atoms with Gasteiger partial charge in [0, 0.05) is 12.0 Å². The molecular formula is C14H21N3O3. The van der Waals surface area contributed by atoms with E-state index in [1.54, 1.807) is 0 Å². The van der Waals surface area contributed by atoms with Crippen LogP contribution in [-0.4, -0.2) is 39.5 Å². The summed E-state index contributed by atoms with van der Waals surface area (Å²) in [5.41, 5.74) is 1.84. The fraction of sp³-hybridized carbons (Fsp3) is 0.714. The van der Waals surface area contributed by atoms with Crippen molar-refractivity contribution in [1.82, 2.24) is 15.5 Å². The number of aliphatic hydroxyl groups excluding tert-OH is 1. The Labute approximate surface area is 117 Å². The van der Waals surface area contributed by atoms with E-state index in [0.717, 1.165) is 30.5 Å². The van der Waals surface area contributed by atoms with E-state index < -0.39 is 5.54 Å². The van der Waals surface area contributed by atoms with Crippen LogP contribution in [0.15, 0.2) is 0 Å². The number of H-pyrrole nitrogens is 1. The van der Waals surface area contributed by atoms with Crippen LogP contribution in [0.5, 0.6) is 0 Å². The summed E-state index contributed by atoms with van der Waals surface area (Å²) in [5.74, 6) is -0.197. The van der Waals surface area contributed by atoms with Gasteiger partial charge in [-0.1, -0.05) is 0 Å². The minimum Gasteiger partial charge on any atom is -0.394 e. The number of ether oxygens (including phenoxy) is 1. The van der Waals surface area contributed by atoms with Crippen molar-refractivity contribution in [2.45, 2.75) is 57.3 Å². The number of fused-ring (bicyclic) bond motifs is 1. The monoisotopic (exact) mass is 279 g/mol. The van der Waals surface area contributed by atoms with Crippen molar-refractivity contribution in [2.24, 2.45) is 0 Å². The number of carbonyl (C=O) groups excluding carboxylic acids is 1. The molecule has 1 amide bonds. The molecule has 2 heterocycles. The minimum atomic E-state index is -0.439. The largest absolute Gasteiger partial charge is 0.394 e. The average Bonchev–Trinajstić information content (AvgIpc) is 2.77. The second-order valence-corrected chi connectivity index (χ2v) is 6.00. The van der Waals surface area contributed by atoms with Crippen molar-refractivity contribution in [3.63, 3.8) is 0 Å². The fourth-order valence-corrected chi connectivity index (χ4v) is 3.09. The molecule has 2 atom stereocenters. The van der Waals surface area contributed by atoms with Gasteiger partial charge in [-0.15, -0.1) is 0 Å². The van der Waals surface area contributed by atoms with Gasteiger partial charge < -0.3 is 15.2 Å². The Hall–Kier alpha value is -1.40. The van der Waals surface area contributed by atoms with Crippen molar-refractivity contribution >= 4 is 5.91 Å². The van der Waals surface area contributed by atoms with Crippen LogP contribution in [0.2, 0.25) is 0 Å². The van der Waals surface area contributed by atoms with E-state index >= 15 is 0 Å². The Morgan fingerprint density at radius 1 is 1.55 bits per heavy atom. The van der Waals surface area contributed by atoms with Crippen LogP contribution in [0.25, 0.3) is 0 Å². The molecule has 0 unspecified atom stereocenters. The van der Waals surface area contributed by atoms with E-state index in [4.69, 9.17) is 4.74 Å². The van der Waals surface area contributed by atoms with E-state index in [1.807, 2.05) is 13.8 Å². The summed E-state index contributed by atoms with van der Waals surface area (Å²) in [6, 6.07) is 0. The van der Waals surface area contributed by atoms with E-state index in [-0.39, 0.29) is 24.7 Å². The van der Waals surface area contributed by atoms with Crippen molar-refractivity contribution < 1.29 is 14.6 Å². The third kappa shape index (κ3) is 2.13. The maximum atomic E-state index is 12.4. The highest BCUT2D eigenvalue weighted by Gasteiger charge is 2.39. The average molecular weight is 279 g/mol. The number of aromatic nitrogens is 2. The van der Waals surface area contributed by atoms with Crippen LogP contribution in [0.3, 0.4) is 0 Å². The summed E-state index contributed by atoms with van der Waals surface area (Å²) >= 11 is 0. The molecule has 1 aliphatic heterocycles. The first-order chi connectivity index (χ1) is 9.54. The number of carbonyl (C=O) groups is 1. The van der Waals surface area contributed by atoms with Gasteiger partial charge in [0.05, 0.1) is 30.0 Å². The van der Waals surface area contributed by atoms with Crippen molar-refractivity contribution in [3.05, 3.63) is 17.0 Å². The van der Waals surface area contributed by atoms with Crippen LogP contribution in [0.4, 0.5) is 0 Å². The molecule has 0 spiro atoms. The molecule has 6 nitrogen and oxygen atoms in total. The highest BCUT2D eigenvalue weighted by atomic mass is 16.5. The summed E-state index contributed by atoms with van der Waals surface area (Å²) in [5, 5.41) is 19.5. The third-order valence-electron chi connectivity index (χ3n) is 4.44. The van der Waals surface area contributed by atoms with Crippen LogP contribution in [0, 0.1) is 0 Å². The van der Waals surface area contributed by atoms with Crippen LogP contribution >= 0.6 is 0 Å². The molecule has 110 valence electrons. The van der Waals surface area contributed by atoms with Gasteiger partial charge >= 0.3 is 0 Å². The Balaban J connectivity index is 1.82. The van der Waals surface area contributed by atoms with Gasteiger partial charge in [-0.05, 0) is 33.1 Å². The summed E-state index contributed by atoms with van der Waals surface area (Å²) in [6.07, 6.45) is 3.40. The lowest BCUT2D eigenvalue weighted by Crippen LogP contribution is -2.56. The maximum Gasteiger partial charge on any atom is 0.272 e. The minimum absolute atomic E-state index is 0.0126. The zero-order valence-corrected chi connectivity index (χ0v) is 11.9. The second kappa shape index (κ2) is 4.86. The highest BCUT2D eigenvalue weighted by Crippen LogP contribution is 2.33. The lowest BCUT2D eigenvalue weighted by Gasteiger charge is -2.40. The van der Waals surface area contributed by atoms with Crippen molar-refractivity contribution in [3.8, 4) is 0 Å². The fourth-order valence-electron chi connectivity index (χ4n) is 3.09. The van der Waals surface area contributed by atoms with Gasteiger partial charge in [0.1, 0.15) is 0 Å². The van der Waals surface area contributed by atoms with E-state index in [2.05, 4.69) is 15.5 Å². The number of hydrogen-bond donors (Lipinski definition) is 3. The summed E-state index contributed by atoms with van der Waals surface area (Å²) in [4.78, 5) is 12.4. The highest BCUT2D eigenvalue weighted by molar-refractivity contribution is 5.94. The number of nitrogens with one attached hydrogen (secondary N) is 2. The summed E-state index contributed by atoms with van der Waals surface area (Å²) in [6.45, 7) is 3.94. The second-order valence-electron chi connectivity index (χ2n) is 6.00. The topological polar surface area (TPSA) is 87.2 Å². The molecule has 0 radical (unpaired) electrons. The van der Waals surface area contributed by atoms with Crippen molar-refractivity contribution in [1.29, 1.82) is 0 Å². The number of rotatable bonds is 3. The number of amides is 1. The van der Waals surface area contributed by atoms with Crippen LogP contribution in [-0.2, 0) is 11.2 Å². The molecule has 0 aromatic carbocycles. The molecular weight excluding hydrogens is 258 g/mol. The van der Waals surface area contributed by atoms with Gasteiger partial charge in [0.2, 0.25) is 0 Å². The first-order valence-corrected chi connectivity index (χ1v) is 7.20. The lowest BCUT2D eigenvalue weighted by molar-refractivity contribution is -0.00700. The molecule has 0 saturated heterocycles. The van der Waals surface area contributed by atoms with E-state index in [9.17, 15) is 9.90 Å². The normalized spacial score (nSPS) is 27.6. The SMILES string of the molecule is C[C@@H]1Cc2c(C(=O)NC3(CO)CCC3)n[nH]c2[C@H](C)O1. The lowest BCUT2D eigenvalue weighted by atomic mass is 9.77. The third-order valence-corrected chi connectivity index (χ3v) is 4.44. The summed E-state index contributed by atoms with van der Waals surface area (Å²) in [7, 11) is 0. The maximum absolute atomic E-state index is 12.4. The first-order valence-electron chi connectivity index (χ1n) is 7.20. The summed E-state index contributed by atoms with van der Waals surface area (Å²) < 4.78 is 5.72. The molecule has 3 N–H and O–H groups in total. The molecule has 3 rings (SSSR count). The van der Waals surface area contributed by atoms with Gasteiger partial charge in [-0.25, -0.2) is 0 Å². The predicted molar refractivity (Wildman–Crippen MR) is 72.4 cm³/mol. The molecule has 1 saturated carbocycles. The zero-order valence-electron chi connectivity index (χ0n) is 11.9. The molecule has 20 heavy (non-hydrogen) atoms. The molecule has 6 heteroatoms. The van der Waals surface area contributed by atoms with Gasteiger partial charge in [0.25, 0.3) is 5.91 Å². The number of nitrogens with zero attached hydrogens (tertiary/aromatic N) is 1. The van der Waals surface area contributed by atoms with Crippen LogP contribution in [0.1, 0.15) is 61.0 Å². The molecule has 0 bridgehead atoms. The molecule has 1 aromatic heterocycles. The number of aliphatic hydroxyl groups is 1. The van der Waals surface area contributed by atoms with Gasteiger partial charge in [-0.3, -0.25) is 9.89 Å². The predicted octanol–water partition coefficient (Wildman–Crippen LogP) is 1.08. The number of hydrogen-bond acceptors (Lipinski definition) is 4. The van der Waals surface area contributed by atoms with Gasteiger partial charge in [-0.2, -0.15) is 5.10 Å².